The van der Waals surface area contributed by atoms with Gasteiger partial charge in [-0.1, -0.05) is 13.8 Å². The maximum absolute atomic E-state index is 6.68. The predicted octanol–water partition coefficient (Wildman–Crippen LogP) is 2.63. The van der Waals surface area contributed by atoms with Crippen LogP contribution < -0.4 is 11.5 Å². The van der Waals surface area contributed by atoms with E-state index in [2.05, 4.69) is 29.8 Å². The fraction of sp³-hybridized carbons (Fsp3) is 0.688. The first kappa shape index (κ1) is 15.3. The van der Waals surface area contributed by atoms with E-state index in [1.807, 2.05) is 6.92 Å². The van der Waals surface area contributed by atoms with Gasteiger partial charge in [0.25, 0.3) is 0 Å². The molecular weight excluding hydrogens is 248 g/mol. The number of rotatable bonds is 5. The largest absolute Gasteiger partial charge is 0.383 e. The molecule has 1 aliphatic heterocycles. The number of nitrogens with zero attached hydrogens (tertiary/aromatic N) is 2. The number of likely N-dealkylation sites (tertiary alicyclic amines) is 1. The van der Waals surface area contributed by atoms with E-state index < -0.39 is 0 Å². The number of aryl methyl sites for hydroxylation is 1. The summed E-state index contributed by atoms with van der Waals surface area (Å²) in [5.74, 6) is 0.577. The Kier molecular flexibility index (Phi) is 4.66. The van der Waals surface area contributed by atoms with E-state index in [-0.39, 0.29) is 11.6 Å². The highest BCUT2D eigenvalue weighted by Crippen LogP contribution is 2.39. The molecule has 4 heteroatoms. The van der Waals surface area contributed by atoms with Gasteiger partial charge < -0.3 is 11.5 Å². The number of pyridine rings is 1. The van der Waals surface area contributed by atoms with Crippen molar-refractivity contribution in [1.82, 2.24) is 9.88 Å². The zero-order chi connectivity index (χ0) is 14.8. The number of aromatic nitrogens is 1. The molecule has 0 amide bonds. The summed E-state index contributed by atoms with van der Waals surface area (Å²) < 4.78 is 0. The fourth-order valence-electron chi connectivity index (χ4n) is 3.64. The Hall–Kier alpha value is -1.13. The Morgan fingerprint density at radius 3 is 2.45 bits per heavy atom. The molecule has 0 aliphatic carbocycles. The lowest BCUT2D eigenvalue weighted by atomic mass is 9.79. The van der Waals surface area contributed by atoms with Crippen molar-refractivity contribution in [2.45, 2.75) is 58.0 Å². The Morgan fingerprint density at radius 1 is 1.30 bits per heavy atom. The third kappa shape index (κ3) is 2.54. The molecule has 1 aromatic heterocycles. The SMILES string of the molecule is CCC(CC)(C(N)c1cc(C)cnc1N)N1CCCC1. The molecule has 0 aromatic carbocycles. The van der Waals surface area contributed by atoms with Crippen molar-refractivity contribution in [3.8, 4) is 0 Å². The van der Waals surface area contributed by atoms with Crippen LogP contribution >= 0.6 is 0 Å². The molecule has 112 valence electrons. The van der Waals surface area contributed by atoms with Gasteiger partial charge in [0.15, 0.2) is 0 Å². The molecule has 0 bridgehead atoms. The summed E-state index contributed by atoms with van der Waals surface area (Å²) >= 11 is 0. The molecule has 2 rings (SSSR count). The van der Waals surface area contributed by atoms with Crippen LogP contribution in [0.15, 0.2) is 12.3 Å². The molecule has 1 aromatic rings. The van der Waals surface area contributed by atoms with Gasteiger partial charge in [-0.3, -0.25) is 4.90 Å². The number of nitrogens with two attached hydrogens (primary N) is 2. The fourth-order valence-corrected chi connectivity index (χ4v) is 3.64. The molecule has 4 nitrogen and oxygen atoms in total. The smallest absolute Gasteiger partial charge is 0.128 e. The van der Waals surface area contributed by atoms with E-state index in [0.29, 0.717) is 5.82 Å². The first-order valence-electron chi connectivity index (χ1n) is 7.77. The highest BCUT2D eigenvalue weighted by Gasteiger charge is 2.41. The van der Waals surface area contributed by atoms with Crippen molar-refractivity contribution in [1.29, 1.82) is 0 Å². The van der Waals surface area contributed by atoms with Crippen LogP contribution in [-0.4, -0.2) is 28.5 Å². The molecule has 0 spiro atoms. The van der Waals surface area contributed by atoms with Gasteiger partial charge in [-0.15, -0.1) is 0 Å². The maximum Gasteiger partial charge on any atom is 0.128 e. The molecule has 1 saturated heterocycles. The third-order valence-corrected chi connectivity index (χ3v) is 4.96. The number of hydrogen-bond acceptors (Lipinski definition) is 4. The van der Waals surface area contributed by atoms with Gasteiger partial charge in [0, 0.05) is 17.3 Å². The first-order valence-corrected chi connectivity index (χ1v) is 7.77. The Bertz CT molecular complexity index is 448. The number of nitrogen functional groups attached to an aromatic ring is 1. The van der Waals surface area contributed by atoms with Crippen LogP contribution in [-0.2, 0) is 0 Å². The van der Waals surface area contributed by atoms with Crippen molar-refractivity contribution in [3.05, 3.63) is 23.4 Å². The van der Waals surface area contributed by atoms with Crippen molar-refractivity contribution >= 4 is 5.82 Å². The topological polar surface area (TPSA) is 68.2 Å². The van der Waals surface area contributed by atoms with Crippen LogP contribution in [0.1, 0.15) is 56.7 Å². The van der Waals surface area contributed by atoms with E-state index in [9.17, 15) is 0 Å². The van der Waals surface area contributed by atoms with Crippen LogP contribution in [0, 0.1) is 6.92 Å². The summed E-state index contributed by atoms with van der Waals surface area (Å²) in [6.07, 6.45) is 6.43. The standard InChI is InChI=1S/C16H28N4/c1-4-16(5-2,20-8-6-7-9-20)14(17)13-10-12(3)11-19-15(13)18/h10-11,14H,4-9,17H2,1-3H3,(H2,18,19). The lowest BCUT2D eigenvalue weighted by molar-refractivity contribution is 0.0768. The Balaban J connectivity index is 2.39. The second-order valence-electron chi connectivity index (χ2n) is 5.97. The molecule has 4 N–H and O–H groups in total. The minimum atomic E-state index is -0.0806. The molecule has 1 fully saturated rings. The molecule has 1 unspecified atom stereocenters. The Morgan fingerprint density at radius 2 is 1.90 bits per heavy atom. The molecule has 0 radical (unpaired) electrons. The molecule has 2 heterocycles. The monoisotopic (exact) mass is 276 g/mol. The molecule has 20 heavy (non-hydrogen) atoms. The van der Waals surface area contributed by atoms with E-state index >= 15 is 0 Å². The number of hydrogen-bond donors (Lipinski definition) is 2. The normalized spacial score (nSPS) is 18.4. The van der Waals surface area contributed by atoms with E-state index in [1.165, 1.54) is 12.8 Å². The predicted molar refractivity (Wildman–Crippen MR) is 84.4 cm³/mol. The van der Waals surface area contributed by atoms with Gasteiger partial charge >= 0.3 is 0 Å². The summed E-state index contributed by atoms with van der Waals surface area (Å²) in [7, 11) is 0. The molecule has 0 saturated carbocycles. The summed E-state index contributed by atoms with van der Waals surface area (Å²) in [5, 5.41) is 0. The van der Waals surface area contributed by atoms with Crippen molar-refractivity contribution < 1.29 is 0 Å². The Labute approximate surface area is 122 Å². The van der Waals surface area contributed by atoms with Crippen LogP contribution in [0.3, 0.4) is 0 Å². The maximum atomic E-state index is 6.68. The van der Waals surface area contributed by atoms with Gasteiger partial charge in [-0.05, 0) is 57.3 Å². The first-order chi connectivity index (χ1) is 9.55. The second-order valence-corrected chi connectivity index (χ2v) is 5.97. The summed E-state index contributed by atoms with van der Waals surface area (Å²) in [6, 6.07) is 2.02. The highest BCUT2D eigenvalue weighted by molar-refractivity contribution is 5.44. The van der Waals surface area contributed by atoms with Gasteiger partial charge in [-0.2, -0.15) is 0 Å². The van der Waals surface area contributed by atoms with Gasteiger partial charge in [0.05, 0.1) is 6.04 Å². The minimum absolute atomic E-state index is 0.0000926. The van der Waals surface area contributed by atoms with Gasteiger partial charge in [-0.25, -0.2) is 4.98 Å². The zero-order valence-corrected chi connectivity index (χ0v) is 13.0. The van der Waals surface area contributed by atoms with Crippen molar-refractivity contribution in [2.75, 3.05) is 18.8 Å². The van der Waals surface area contributed by atoms with Gasteiger partial charge in [0.1, 0.15) is 5.82 Å². The zero-order valence-electron chi connectivity index (χ0n) is 13.0. The molecule has 1 atom stereocenters. The summed E-state index contributed by atoms with van der Waals surface area (Å²) in [5.41, 5.74) is 14.9. The van der Waals surface area contributed by atoms with Crippen molar-refractivity contribution in [2.24, 2.45) is 5.73 Å². The van der Waals surface area contributed by atoms with Crippen LogP contribution in [0.25, 0.3) is 0 Å². The highest BCUT2D eigenvalue weighted by atomic mass is 15.2. The van der Waals surface area contributed by atoms with E-state index in [4.69, 9.17) is 11.5 Å². The van der Waals surface area contributed by atoms with Crippen LogP contribution in [0.4, 0.5) is 5.82 Å². The summed E-state index contributed by atoms with van der Waals surface area (Å²) in [4.78, 5) is 6.86. The number of anilines is 1. The quantitative estimate of drug-likeness (QED) is 0.867. The minimum Gasteiger partial charge on any atom is -0.383 e. The van der Waals surface area contributed by atoms with Crippen LogP contribution in [0.2, 0.25) is 0 Å². The average molecular weight is 276 g/mol. The van der Waals surface area contributed by atoms with E-state index in [0.717, 1.165) is 37.1 Å². The third-order valence-electron chi connectivity index (χ3n) is 4.96. The van der Waals surface area contributed by atoms with Crippen LogP contribution in [0.5, 0.6) is 0 Å². The van der Waals surface area contributed by atoms with Gasteiger partial charge in [0.2, 0.25) is 0 Å². The molecule has 1 aliphatic rings. The van der Waals surface area contributed by atoms with Crippen molar-refractivity contribution in [3.63, 3.8) is 0 Å². The lowest BCUT2D eigenvalue weighted by Crippen LogP contribution is -2.54. The molecular formula is C16H28N4. The van der Waals surface area contributed by atoms with E-state index in [1.54, 1.807) is 6.20 Å². The lowest BCUT2D eigenvalue weighted by Gasteiger charge is -2.45. The average Bonchev–Trinajstić information content (AvgIpc) is 2.98. The second kappa shape index (κ2) is 6.10. The summed E-state index contributed by atoms with van der Waals surface area (Å²) in [6.45, 7) is 8.81.